The summed E-state index contributed by atoms with van der Waals surface area (Å²) in [7, 11) is 0. The van der Waals surface area contributed by atoms with Gasteiger partial charge in [-0.3, -0.25) is 0 Å². The Morgan fingerprint density at radius 3 is 2.71 bits per heavy atom. The molecule has 1 fully saturated rings. The largest absolute Gasteiger partial charge is 0.366 e. The van der Waals surface area contributed by atoms with Crippen LogP contribution in [0.15, 0.2) is 6.07 Å². The summed E-state index contributed by atoms with van der Waals surface area (Å²) >= 11 is 0. The molecule has 0 aliphatic heterocycles. The van der Waals surface area contributed by atoms with E-state index in [4.69, 9.17) is 0 Å². The molecule has 1 aliphatic carbocycles. The first-order chi connectivity index (χ1) is 8.15. The maximum atomic E-state index is 4.22. The van der Waals surface area contributed by atoms with Crippen molar-refractivity contribution in [2.45, 2.75) is 58.9 Å². The number of hydrogen-bond acceptors (Lipinski definition) is 3. The molecule has 0 bridgehead atoms. The van der Waals surface area contributed by atoms with Crippen LogP contribution in [-0.4, -0.2) is 16.2 Å². The Kier molecular flexibility index (Phi) is 3.97. The highest BCUT2D eigenvalue weighted by molar-refractivity contribution is 5.38. The second kappa shape index (κ2) is 5.48. The van der Waals surface area contributed by atoms with Gasteiger partial charge in [0.2, 0.25) is 0 Å². The number of rotatable bonds is 2. The van der Waals surface area contributed by atoms with Crippen LogP contribution in [-0.2, 0) is 0 Å². The number of nitrogens with zero attached hydrogens (tertiary/aromatic N) is 2. The Labute approximate surface area is 104 Å². The SMILES string of the molecule is Cc1cc(NC2CCCC(C)CC2)nnc1C. The van der Waals surface area contributed by atoms with Crippen LogP contribution in [0.4, 0.5) is 5.82 Å². The van der Waals surface area contributed by atoms with Gasteiger partial charge in [0.25, 0.3) is 0 Å². The van der Waals surface area contributed by atoms with Crippen molar-refractivity contribution in [2.24, 2.45) is 5.92 Å². The van der Waals surface area contributed by atoms with Gasteiger partial charge in [-0.25, -0.2) is 0 Å². The van der Waals surface area contributed by atoms with E-state index in [1.807, 2.05) is 6.92 Å². The van der Waals surface area contributed by atoms with E-state index in [0.29, 0.717) is 6.04 Å². The van der Waals surface area contributed by atoms with Crippen LogP contribution in [0.5, 0.6) is 0 Å². The number of nitrogens with one attached hydrogen (secondary N) is 1. The third-order valence-electron chi connectivity index (χ3n) is 3.84. The van der Waals surface area contributed by atoms with E-state index >= 15 is 0 Å². The van der Waals surface area contributed by atoms with E-state index in [1.165, 1.54) is 37.7 Å². The summed E-state index contributed by atoms with van der Waals surface area (Å²) in [6.07, 6.45) is 6.55. The molecule has 1 aromatic heterocycles. The zero-order chi connectivity index (χ0) is 12.3. The first-order valence-corrected chi connectivity index (χ1v) is 6.72. The molecule has 0 saturated heterocycles. The first kappa shape index (κ1) is 12.3. The molecule has 3 nitrogen and oxygen atoms in total. The Hall–Kier alpha value is -1.12. The van der Waals surface area contributed by atoms with Gasteiger partial charge < -0.3 is 5.32 Å². The van der Waals surface area contributed by atoms with E-state index in [9.17, 15) is 0 Å². The van der Waals surface area contributed by atoms with Crippen LogP contribution < -0.4 is 5.32 Å². The van der Waals surface area contributed by atoms with Gasteiger partial charge in [-0.1, -0.05) is 19.8 Å². The van der Waals surface area contributed by atoms with Crippen LogP contribution in [0.3, 0.4) is 0 Å². The van der Waals surface area contributed by atoms with Crippen molar-refractivity contribution in [1.82, 2.24) is 10.2 Å². The lowest BCUT2D eigenvalue weighted by molar-refractivity contribution is 0.501. The molecule has 2 atom stereocenters. The molecule has 2 unspecified atom stereocenters. The quantitative estimate of drug-likeness (QED) is 0.795. The van der Waals surface area contributed by atoms with Gasteiger partial charge in [0.1, 0.15) is 5.82 Å². The van der Waals surface area contributed by atoms with Crippen LogP contribution in [0.25, 0.3) is 0 Å². The Morgan fingerprint density at radius 2 is 1.94 bits per heavy atom. The zero-order valence-electron chi connectivity index (χ0n) is 11.2. The first-order valence-electron chi connectivity index (χ1n) is 6.72. The standard InChI is InChI=1S/C14H23N3/c1-10-5-4-6-13(8-7-10)15-14-9-11(2)12(3)16-17-14/h9-10,13H,4-8H2,1-3H3,(H,15,17). The molecule has 2 rings (SSSR count). The molecule has 0 radical (unpaired) electrons. The van der Waals surface area contributed by atoms with Gasteiger partial charge in [-0.2, -0.15) is 5.10 Å². The summed E-state index contributed by atoms with van der Waals surface area (Å²) in [5.74, 6) is 1.82. The van der Waals surface area contributed by atoms with Crippen LogP contribution in [0, 0.1) is 19.8 Å². The number of hydrogen-bond donors (Lipinski definition) is 1. The summed E-state index contributed by atoms with van der Waals surface area (Å²) in [5, 5.41) is 11.9. The van der Waals surface area contributed by atoms with E-state index in [0.717, 1.165) is 17.4 Å². The zero-order valence-corrected chi connectivity index (χ0v) is 11.2. The third-order valence-corrected chi connectivity index (χ3v) is 3.84. The van der Waals surface area contributed by atoms with Gasteiger partial charge in [-0.15, -0.1) is 5.10 Å². The highest BCUT2D eigenvalue weighted by Crippen LogP contribution is 2.24. The lowest BCUT2D eigenvalue weighted by atomic mass is 10.0. The molecule has 0 aromatic carbocycles. The minimum absolute atomic E-state index is 0.580. The van der Waals surface area contributed by atoms with Crippen LogP contribution in [0.2, 0.25) is 0 Å². The monoisotopic (exact) mass is 233 g/mol. The van der Waals surface area contributed by atoms with Crippen molar-refractivity contribution >= 4 is 5.82 Å². The van der Waals surface area contributed by atoms with Gasteiger partial charge >= 0.3 is 0 Å². The molecule has 1 saturated carbocycles. The lowest BCUT2D eigenvalue weighted by Crippen LogP contribution is -2.19. The number of aryl methyl sites for hydroxylation is 2. The fourth-order valence-corrected chi connectivity index (χ4v) is 2.46. The van der Waals surface area contributed by atoms with Gasteiger partial charge in [0.15, 0.2) is 0 Å². The highest BCUT2D eigenvalue weighted by atomic mass is 15.2. The predicted octanol–water partition coefficient (Wildman–Crippen LogP) is 3.47. The fraction of sp³-hybridized carbons (Fsp3) is 0.714. The van der Waals surface area contributed by atoms with Gasteiger partial charge in [0, 0.05) is 6.04 Å². The Bertz CT molecular complexity index is 376. The fourth-order valence-electron chi connectivity index (χ4n) is 2.46. The minimum atomic E-state index is 0.580. The average molecular weight is 233 g/mol. The molecular weight excluding hydrogens is 210 g/mol. The van der Waals surface area contributed by atoms with Crippen molar-refractivity contribution in [2.75, 3.05) is 5.32 Å². The Morgan fingerprint density at radius 1 is 1.12 bits per heavy atom. The molecular formula is C14H23N3. The second-order valence-corrected chi connectivity index (χ2v) is 5.45. The van der Waals surface area contributed by atoms with E-state index in [-0.39, 0.29) is 0 Å². The summed E-state index contributed by atoms with van der Waals surface area (Å²) < 4.78 is 0. The summed E-state index contributed by atoms with van der Waals surface area (Å²) in [5.41, 5.74) is 2.23. The molecule has 3 heteroatoms. The second-order valence-electron chi connectivity index (χ2n) is 5.45. The molecule has 0 spiro atoms. The lowest BCUT2D eigenvalue weighted by Gasteiger charge is -2.17. The van der Waals surface area contributed by atoms with Crippen molar-refractivity contribution in [3.05, 3.63) is 17.3 Å². The smallest absolute Gasteiger partial charge is 0.149 e. The molecule has 1 N–H and O–H groups in total. The van der Waals surface area contributed by atoms with E-state index in [2.05, 4.69) is 35.4 Å². The van der Waals surface area contributed by atoms with Crippen molar-refractivity contribution in [3.63, 3.8) is 0 Å². The Balaban J connectivity index is 1.97. The summed E-state index contributed by atoms with van der Waals surface area (Å²) in [6, 6.07) is 2.69. The average Bonchev–Trinajstić information content (AvgIpc) is 2.49. The van der Waals surface area contributed by atoms with E-state index in [1.54, 1.807) is 0 Å². The molecule has 1 heterocycles. The summed E-state index contributed by atoms with van der Waals surface area (Å²) in [4.78, 5) is 0. The van der Waals surface area contributed by atoms with Crippen molar-refractivity contribution in [1.29, 1.82) is 0 Å². The molecule has 94 valence electrons. The topological polar surface area (TPSA) is 37.8 Å². The maximum Gasteiger partial charge on any atom is 0.149 e. The van der Waals surface area contributed by atoms with Crippen LogP contribution in [0.1, 0.15) is 50.3 Å². The van der Waals surface area contributed by atoms with Crippen molar-refractivity contribution in [3.8, 4) is 0 Å². The molecule has 1 aliphatic rings. The van der Waals surface area contributed by atoms with Crippen LogP contribution >= 0.6 is 0 Å². The third kappa shape index (κ3) is 3.42. The molecule has 0 amide bonds. The van der Waals surface area contributed by atoms with Gasteiger partial charge in [-0.05, 0) is 50.7 Å². The van der Waals surface area contributed by atoms with Crippen molar-refractivity contribution < 1.29 is 0 Å². The normalized spacial score (nSPS) is 25.4. The molecule has 1 aromatic rings. The minimum Gasteiger partial charge on any atom is -0.366 e. The number of anilines is 1. The number of aromatic nitrogens is 2. The molecule has 17 heavy (non-hydrogen) atoms. The van der Waals surface area contributed by atoms with E-state index < -0.39 is 0 Å². The predicted molar refractivity (Wildman–Crippen MR) is 71.2 cm³/mol. The summed E-state index contributed by atoms with van der Waals surface area (Å²) in [6.45, 7) is 6.45. The highest BCUT2D eigenvalue weighted by Gasteiger charge is 2.16. The van der Waals surface area contributed by atoms with Gasteiger partial charge in [0.05, 0.1) is 5.69 Å². The maximum absolute atomic E-state index is 4.22.